The van der Waals surface area contributed by atoms with Crippen molar-refractivity contribution in [2.24, 2.45) is 0 Å². The van der Waals surface area contributed by atoms with Crippen molar-refractivity contribution in [3.8, 4) is 11.8 Å². The zero-order chi connectivity index (χ0) is 13.0. The summed E-state index contributed by atoms with van der Waals surface area (Å²) in [6.45, 7) is 1.30. The van der Waals surface area contributed by atoms with Crippen LogP contribution in [0.15, 0.2) is 6.07 Å². The van der Waals surface area contributed by atoms with Gasteiger partial charge < -0.3 is 0 Å². The number of hydrogen-bond donors (Lipinski definition) is 0. The number of carbonyl (C=O) groups is 1. The van der Waals surface area contributed by atoms with Crippen molar-refractivity contribution in [2.45, 2.75) is 6.92 Å². The van der Waals surface area contributed by atoms with Crippen LogP contribution in [0.25, 0.3) is 0 Å². The lowest BCUT2D eigenvalue weighted by atomic mass is 10.2. The van der Waals surface area contributed by atoms with E-state index in [0.29, 0.717) is 0 Å². The third kappa shape index (κ3) is 3.49. The zero-order valence-corrected chi connectivity index (χ0v) is 9.43. The normalized spacial score (nSPS) is 9.71. The number of rotatable bonds is 1. The van der Waals surface area contributed by atoms with Gasteiger partial charge in [0.05, 0.1) is 5.75 Å². The highest BCUT2D eigenvalue weighted by molar-refractivity contribution is 8.13. The average Bonchev–Trinajstić information content (AvgIpc) is 2.25. The molecule has 90 valence electrons. The first kappa shape index (κ1) is 13.6. The Morgan fingerprint density at radius 1 is 1.24 bits per heavy atom. The molecule has 0 radical (unpaired) electrons. The van der Waals surface area contributed by atoms with Gasteiger partial charge in [-0.1, -0.05) is 23.6 Å². The van der Waals surface area contributed by atoms with Crippen LogP contribution in [-0.2, 0) is 4.79 Å². The fraction of sp³-hybridized carbons (Fsp3) is 0.182. The lowest BCUT2D eigenvalue weighted by Gasteiger charge is -1.99. The Hall–Kier alpha value is -1.48. The summed E-state index contributed by atoms with van der Waals surface area (Å²) in [4.78, 5) is 10.5. The summed E-state index contributed by atoms with van der Waals surface area (Å²) in [5.41, 5.74) is -0.966. The highest BCUT2D eigenvalue weighted by Crippen LogP contribution is 2.18. The molecular formula is C11H6F4OS. The summed E-state index contributed by atoms with van der Waals surface area (Å²) in [6, 6.07) is 0.111. The first-order chi connectivity index (χ1) is 7.93. The van der Waals surface area contributed by atoms with Crippen molar-refractivity contribution < 1.29 is 22.4 Å². The van der Waals surface area contributed by atoms with Crippen LogP contribution in [0.2, 0.25) is 0 Å². The Kier molecular flexibility index (Phi) is 4.58. The van der Waals surface area contributed by atoms with Crippen LogP contribution in [0.4, 0.5) is 17.6 Å². The Balaban J connectivity index is 3.01. The van der Waals surface area contributed by atoms with E-state index in [1.807, 2.05) is 5.92 Å². The standard InChI is InChI=1S/C11H6F4OS/c1-6(16)17-4-2-3-7-10(14)8(12)5-9(13)11(7)15/h5H,4H2,1H3. The lowest BCUT2D eigenvalue weighted by molar-refractivity contribution is -0.109. The van der Waals surface area contributed by atoms with E-state index in [1.165, 1.54) is 6.92 Å². The highest BCUT2D eigenvalue weighted by atomic mass is 32.2. The monoisotopic (exact) mass is 262 g/mol. The molecule has 0 N–H and O–H groups in total. The van der Waals surface area contributed by atoms with E-state index < -0.39 is 28.8 Å². The number of carbonyl (C=O) groups excluding carboxylic acids is 1. The molecule has 6 heteroatoms. The van der Waals surface area contributed by atoms with E-state index in [-0.39, 0.29) is 16.9 Å². The highest BCUT2D eigenvalue weighted by Gasteiger charge is 2.17. The molecule has 1 aromatic carbocycles. The van der Waals surface area contributed by atoms with Gasteiger partial charge in [0.15, 0.2) is 28.4 Å². The molecule has 17 heavy (non-hydrogen) atoms. The second kappa shape index (κ2) is 5.73. The molecule has 0 saturated heterocycles. The van der Waals surface area contributed by atoms with Crippen molar-refractivity contribution in [1.29, 1.82) is 0 Å². The molecular weight excluding hydrogens is 256 g/mol. The molecule has 0 fully saturated rings. The van der Waals surface area contributed by atoms with E-state index in [2.05, 4.69) is 5.92 Å². The molecule has 0 amide bonds. The summed E-state index contributed by atoms with van der Waals surface area (Å²) in [6.07, 6.45) is 0. The van der Waals surface area contributed by atoms with Crippen molar-refractivity contribution in [1.82, 2.24) is 0 Å². The minimum absolute atomic E-state index is 0.00759. The predicted molar refractivity (Wildman–Crippen MR) is 56.3 cm³/mol. The van der Waals surface area contributed by atoms with E-state index in [9.17, 15) is 22.4 Å². The van der Waals surface area contributed by atoms with Gasteiger partial charge in [-0.05, 0) is 0 Å². The number of halogens is 4. The van der Waals surface area contributed by atoms with E-state index in [1.54, 1.807) is 0 Å². The van der Waals surface area contributed by atoms with Gasteiger partial charge in [0.2, 0.25) is 0 Å². The summed E-state index contributed by atoms with van der Waals surface area (Å²) >= 11 is 0.826. The maximum absolute atomic E-state index is 13.1. The first-order valence-corrected chi connectivity index (χ1v) is 5.37. The molecule has 1 nitrogen and oxygen atoms in total. The Bertz CT molecular complexity index is 490. The van der Waals surface area contributed by atoms with Gasteiger partial charge in [-0.3, -0.25) is 4.79 Å². The topological polar surface area (TPSA) is 17.1 Å². The molecule has 0 aromatic heterocycles. The Morgan fingerprint density at radius 3 is 2.24 bits per heavy atom. The summed E-state index contributed by atoms with van der Waals surface area (Å²) in [7, 11) is 0. The molecule has 0 spiro atoms. The van der Waals surface area contributed by atoms with Crippen LogP contribution in [0.3, 0.4) is 0 Å². The maximum Gasteiger partial charge on any atom is 0.186 e. The molecule has 0 aliphatic rings. The molecule has 1 rings (SSSR count). The lowest BCUT2D eigenvalue weighted by Crippen LogP contribution is -1.99. The summed E-state index contributed by atoms with van der Waals surface area (Å²) in [5, 5.41) is -0.217. The number of hydrogen-bond acceptors (Lipinski definition) is 2. The summed E-state index contributed by atoms with van der Waals surface area (Å²) < 4.78 is 51.6. The molecule has 0 heterocycles. The van der Waals surface area contributed by atoms with Crippen LogP contribution in [0, 0.1) is 35.1 Å². The fourth-order valence-corrected chi connectivity index (χ4v) is 1.29. The first-order valence-electron chi connectivity index (χ1n) is 4.38. The second-order valence-electron chi connectivity index (χ2n) is 2.93. The van der Waals surface area contributed by atoms with E-state index >= 15 is 0 Å². The Labute approximate surface area is 99.2 Å². The van der Waals surface area contributed by atoms with Crippen LogP contribution < -0.4 is 0 Å². The minimum atomic E-state index is -1.54. The van der Waals surface area contributed by atoms with Gasteiger partial charge in [0.1, 0.15) is 5.56 Å². The largest absolute Gasteiger partial charge is 0.288 e. The van der Waals surface area contributed by atoms with E-state index in [4.69, 9.17) is 0 Å². The average molecular weight is 262 g/mol. The molecule has 0 aliphatic carbocycles. The number of thioether (sulfide) groups is 1. The van der Waals surface area contributed by atoms with Crippen LogP contribution >= 0.6 is 11.8 Å². The van der Waals surface area contributed by atoms with Gasteiger partial charge in [0.25, 0.3) is 0 Å². The van der Waals surface area contributed by atoms with Gasteiger partial charge in [-0.15, -0.1) is 0 Å². The fourth-order valence-electron chi connectivity index (χ4n) is 0.945. The quantitative estimate of drug-likeness (QED) is 0.440. The van der Waals surface area contributed by atoms with Crippen molar-refractivity contribution in [2.75, 3.05) is 5.75 Å². The SMILES string of the molecule is CC(=O)SCC#Cc1c(F)c(F)cc(F)c1F. The zero-order valence-electron chi connectivity index (χ0n) is 8.61. The molecule has 1 aromatic rings. The van der Waals surface area contributed by atoms with Crippen LogP contribution in [-0.4, -0.2) is 10.9 Å². The van der Waals surface area contributed by atoms with Crippen LogP contribution in [0.1, 0.15) is 12.5 Å². The van der Waals surface area contributed by atoms with E-state index in [0.717, 1.165) is 11.8 Å². The summed E-state index contributed by atoms with van der Waals surface area (Å²) in [5.74, 6) is -1.88. The van der Waals surface area contributed by atoms with Gasteiger partial charge >= 0.3 is 0 Å². The van der Waals surface area contributed by atoms with Crippen LogP contribution in [0.5, 0.6) is 0 Å². The Morgan fingerprint density at radius 2 is 1.76 bits per heavy atom. The van der Waals surface area contributed by atoms with Crippen molar-refractivity contribution in [3.63, 3.8) is 0 Å². The molecule has 0 aliphatic heterocycles. The molecule has 0 bridgehead atoms. The maximum atomic E-state index is 13.1. The third-order valence-corrected chi connectivity index (χ3v) is 2.37. The predicted octanol–water partition coefficient (Wildman–Crippen LogP) is 2.87. The van der Waals surface area contributed by atoms with Crippen molar-refractivity contribution >= 4 is 16.9 Å². The van der Waals surface area contributed by atoms with Gasteiger partial charge in [-0.25, -0.2) is 17.6 Å². The van der Waals surface area contributed by atoms with Gasteiger partial charge in [0, 0.05) is 13.0 Å². The molecule has 0 unspecified atom stereocenters. The van der Waals surface area contributed by atoms with Gasteiger partial charge in [-0.2, -0.15) is 0 Å². The minimum Gasteiger partial charge on any atom is -0.288 e. The van der Waals surface area contributed by atoms with Crippen molar-refractivity contribution in [3.05, 3.63) is 34.9 Å². The third-order valence-electron chi connectivity index (χ3n) is 1.67. The molecule has 0 atom stereocenters. The smallest absolute Gasteiger partial charge is 0.186 e. The molecule has 0 saturated carbocycles. The number of benzene rings is 1. The second-order valence-corrected chi connectivity index (χ2v) is 4.08.